The maximum atomic E-state index is 13.5. The van der Waals surface area contributed by atoms with Gasteiger partial charge < -0.3 is 10.0 Å². The van der Waals surface area contributed by atoms with E-state index >= 15 is 0 Å². The summed E-state index contributed by atoms with van der Waals surface area (Å²) in [5.41, 5.74) is 3.02. The second kappa shape index (κ2) is 6.38. The Morgan fingerprint density at radius 1 is 1.04 bits per heavy atom. The third-order valence-corrected chi connectivity index (χ3v) is 6.93. The number of nitrogens with zero attached hydrogens (tertiary/aromatic N) is 2. The van der Waals surface area contributed by atoms with Gasteiger partial charge in [0, 0.05) is 24.1 Å². The van der Waals surface area contributed by atoms with Crippen LogP contribution in [0.1, 0.15) is 40.2 Å². The van der Waals surface area contributed by atoms with Gasteiger partial charge in [-0.3, -0.25) is 9.69 Å². The lowest BCUT2D eigenvalue weighted by Gasteiger charge is -2.51. The number of phenols is 1. The fraction of sp³-hybridized carbons (Fsp3) is 0.435. The number of aryl methyl sites for hydroxylation is 1. The molecule has 4 heterocycles. The monoisotopic (exact) mass is 362 g/mol. The number of phenolic OH excluding ortho intramolecular Hbond substituents is 1. The van der Waals surface area contributed by atoms with Crippen LogP contribution in [0.3, 0.4) is 0 Å². The maximum Gasteiger partial charge on any atom is 0.254 e. The Hall–Kier alpha value is -2.33. The minimum absolute atomic E-state index is 0.166. The van der Waals surface area contributed by atoms with Crippen molar-refractivity contribution in [2.24, 2.45) is 5.92 Å². The average Bonchev–Trinajstić information content (AvgIpc) is 3.12. The van der Waals surface area contributed by atoms with Crippen molar-refractivity contribution in [2.75, 3.05) is 19.6 Å². The van der Waals surface area contributed by atoms with Crippen LogP contribution in [0.15, 0.2) is 48.5 Å². The van der Waals surface area contributed by atoms with Crippen LogP contribution in [0.2, 0.25) is 0 Å². The van der Waals surface area contributed by atoms with E-state index in [-0.39, 0.29) is 17.9 Å². The van der Waals surface area contributed by atoms with Crippen molar-refractivity contribution >= 4 is 5.91 Å². The Labute approximate surface area is 160 Å². The van der Waals surface area contributed by atoms with Gasteiger partial charge in [0.2, 0.25) is 0 Å². The molecule has 0 spiro atoms. The van der Waals surface area contributed by atoms with Crippen molar-refractivity contribution in [3.8, 4) is 5.75 Å². The summed E-state index contributed by atoms with van der Waals surface area (Å²) in [4.78, 5) is 18.2. The molecule has 1 amide bonds. The topological polar surface area (TPSA) is 43.8 Å². The van der Waals surface area contributed by atoms with Gasteiger partial charge in [-0.15, -0.1) is 0 Å². The molecule has 4 aliphatic rings. The van der Waals surface area contributed by atoms with Crippen LogP contribution in [-0.2, 0) is 0 Å². The first-order chi connectivity index (χ1) is 13.1. The van der Waals surface area contributed by atoms with E-state index in [2.05, 4.69) is 15.9 Å². The molecule has 27 heavy (non-hydrogen) atoms. The average molecular weight is 362 g/mol. The molecule has 0 saturated carbocycles. The first-order valence-electron chi connectivity index (χ1n) is 10.0. The van der Waals surface area contributed by atoms with E-state index in [0.29, 0.717) is 17.7 Å². The molecule has 2 aromatic carbocycles. The van der Waals surface area contributed by atoms with Gasteiger partial charge >= 0.3 is 0 Å². The molecule has 4 fully saturated rings. The van der Waals surface area contributed by atoms with Gasteiger partial charge in [-0.25, -0.2) is 0 Å². The van der Waals surface area contributed by atoms with Gasteiger partial charge in [0.25, 0.3) is 5.91 Å². The van der Waals surface area contributed by atoms with Gasteiger partial charge in [-0.2, -0.15) is 0 Å². The number of aromatic hydroxyl groups is 1. The molecule has 0 unspecified atom stereocenters. The summed E-state index contributed by atoms with van der Waals surface area (Å²) in [6.45, 7) is 5.02. The SMILES string of the molecule is Cc1ccccc1C(=O)N1C[C@@H](c2cccc(O)c2)[C@@H]2[C@H]1C1CCN2CC1. The van der Waals surface area contributed by atoms with E-state index in [9.17, 15) is 9.90 Å². The second-order valence-electron chi connectivity index (χ2n) is 8.33. The molecule has 6 rings (SSSR count). The zero-order chi connectivity index (χ0) is 18.5. The number of fused-ring (bicyclic) bond motifs is 2. The van der Waals surface area contributed by atoms with E-state index in [4.69, 9.17) is 0 Å². The van der Waals surface area contributed by atoms with Gasteiger partial charge in [0.05, 0.1) is 6.04 Å². The summed E-state index contributed by atoms with van der Waals surface area (Å²) in [6.07, 6.45) is 2.37. The predicted molar refractivity (Wildman–Crippen MR) is 105 cm³/mol. The molecule has 1 N–H and O–H groups in total. The molecule has 2 aromatic rings. The van der Waals surface area contributed by atoms with Crippen LogP contribution in [0.5, 0.6) is 5.75 Å². The van der Waals surface area contributed by atoms with Gasteiger partial charge in [-0.1, -0.05) is 30.3 Å². The largest absolute Gasteiger partial charge is 0.508 e. The molecular weight excluding hydrogens is 336 g/mol. The highest BCUT2D eigenvalue weighted by Gasteiger charge is 2.54. The Morgan fingerprint density at radius 2 is 1.81 bits per heavy atom. The van der Waals surface area contributed by atoms with Crippen molar-refractivity contribution in [3.05, 3.63) is 65.2 Å². The molecule has 4 heteroatoms. The number of likely N-dealkylation sites (tertiary alicyclic amines) is 1. The fourth-order valence-electron chi connectivity index (χ4n) is 5.67. The van der Waals surface area contributed by atoms with Crippen molar-refractivity contribution in [1.29, 1.82) is 0 Å². The van der Waals surface area contributed by atoms with E-state index in [1.807, 2.05) is 43.3 Å². The summed E-state index contributed by atoms with van der Waals surface area (Å²) in [6, 6.07) is 16.2. The van der Waals surface area contributed by atoms with Crippen LogP contribution < -0.4 is 0 Å². The number of carbonyl (C=O) groups is 1. The molecule has 4 aliphatic heterocycles. The van der Waals surface area contributed by atoms with Crippen LogP contribution in [0.4, 0.5) is 0 Å². The second-order valence-corrected chi connectivity index (χ2v) is 8.33. The lowest BCUT2D eigenvalue weighted by molar-refractivity contribution is -0.00343. The highest BCUT2D eigenvalue weighted by atomic mass is 16.3. The number of carbonyl (C=O) groups excluding carboxylic acids is 1. The van der Waals surface area contributed by atoms with Gasteiger partial charge in [-0.05, 0) is 68.1 Å². The zero-order valence-electron chi connectivity index (χ0n) is 15.7. The maximum absolute atomic E-state index is 13.5. The number of hydrogen-bond acceptors (Lipinski definition) is 3. The summed E-state index contributed by atoms with van der Waals surface area (Å²) >= 11 is 0. The molecule has 140 valence electrons. The van der Waals surface area contributed by atoms with Gasteiger partial charge in [0.1, 0.15) is 5.75 Å². The predicted octanol–water partition coefficient (Wildman–Crippen LogP) is 3.40. The number of rotatable bonds is 2. The standard InChI is InChI=1S/C23H26N2O2/c1-15-5-2-3-8-19(15)23(27)25-14-20(17-6-4-7-18(26)13-17)22-21(25)16-9-11-24(22)12-10-16/h2-8,13,16,20-22,26H,9-12,14H2,1H3/t20-,21+,22+/m0/s1. The van der Waals surface area contributed by atoms with Crippen molar-refractivity contribution in [2.45, 2.75) is 37.8 Å². The Bertz CT molecular complexity index is 872. The molecule has 0 radical (unpaired) electrons. The molecule has 4 nitrogen and oxygen atoms in total. The number of amides is 1. The number of benzene rings is 2. The minimum atomic E-state index is 0.166. The molecule has 0 aromatic heterocycles. The van der Waals surface area contributed by atoms with Crippen LogP contribution in [0, 0.1) is 12.8 Å². The van der Waals surface area contributed by atoms with Gasteiger partial charge in [0.15, 0.2) is 0 Å². The lowest BCUT2D eigenvalue weighted by atomic mass is 9.75. The Balaban J connectivity index is 1.55. The van der Waals surface area contributed by atoms with E-state index in [1.165, 1.54) is 12.8 Å². The molecule has 2 bridgehead atoms. The highest BCUT2D eigenvalue weighted by molar-refractivity contribution is 5.96. The lowest BCUT2D eigenvalue weighted by Crippen LogP contribution is -2.60. The summed E-state index contributed by atoms with van der Waals surface area (Å²) in [5, 5.41) is 10.00. The van der Waals surface area contributed by atoms with E-state index < -0.39 is 0 Å². The smallest absolute Gasteiger partial charge is 0.254 e. The molecule has 4 saturated heterocycles. The quantitative estimate of drug-likeness (QED) is 0.890. The number of hydrogen-bond donors (Lipinski definition) is 1. The third kappa shape index (κ3) is 2.66. The zero-order valence-corrected chi connectivity index (χ0v) is 15.7. The van der Waals surface area contributed by atoms with Crippen LogP contribution >= 0.6 is 0 Å². The van der Waals surface area contributed by atoms with Crippen LogP contribution in [-0.4, -0.2) is 52.5 Å². The number of piperidine rings is 3. The van der Waals surface area contributed by atoms with Crippen molar-refractivity contribution in [1.82, 2.24) is 9.80 Å². The molecular formula is C23H26N2O2. The summed E-state index contributed by atoms with van der Waals surface area (Å²) in [5.74, 6) is 1.33. The third-order valence-electron chi connectivity index (χ3n) is 6.93. The Kier molecular flexibility index (Phi) is 3.97. The van der Waals surface area contributed by atoms with E-state index in [1.54, 1.807) is 6.07 Å². The first kappa shape index (κ1) is 16.8. The normalized spacial score (nSPS) is 31.7. The Morgan fingerprint density at radius 3 is 2.56 bits per heavy atom. The minimum Gasteiger partial charge on any atom is -0.508 e. The highest BCUT2D eigenvalue weighted by Crippen LogP contribution is 2.47. The molecule has 0 aliphatic carbocycles. The summed E-state index contributed by atoms with van der Waals surface area (Å²) < 4.78 is 0. The van der Waals surface area contributed by atoms with Crippen molar-refractivity contribution in [3.63, 3.8) is 0 Å². The first-order valence-corrected chi connectivity index (χ1v) is 10.0. The molecule has 3 atom stereocenters. The van der Waals surface area contributed by atoms with Crippen molar-refractivity contribution < 1.29 is 9.90 Å². The van der Waals surface area contributed by atoms with E-state index in [0.717, 1.165) is 36.3 Å². The summed E-state index contributed by atoms with van der Waals surface area (Å²) in [7, 11) is 0. The fourth-order valence-corrected chi connectivity index (χ4v) is 5.67. The van der Waals surface area contributed by atoms with Crippen LogP contribution in [0.25, 0.3) is 0 Å².